The van der Waals surface area contributed by atoms with Gasteiger partial charge >= 0.3 is 0 Å². The van der Waals surface area contributed by atoms with Gasteiger partial charge in [-0.15, -0.1) is 6.58 Å². The van der Waals surface area contributed by atoms with Crippen LogP contribution in [0.25, 0.3) is 0 Å². The minimum atomic E-state index is -0.0431. The van der Waals surface area contributed by atoms with E-state index < -0.39 is 0 Å². The second kappa shape index (κ2) is 5.71. The number of hydrogen-bond donors (Lipinski definition) is 0. The molecule has 0 bridgehead atoms. The van der Waals surface area contributed by atoms with Gasteiger partial charge in [0.2, 0.25) is 0 Å². The monoisotopic (exact) mass is 238 g/mol. The lowest BCUT2D eigenvalue weighted by molar-refractivity contribution is 0.101. The van der Waals surface area contributed by atoms with Crippen LogP contribution in [0.15, 0.2) is 30.4 Å². The molecular weight excluding hydrogens is 224 g/mol. The topological polar surface area (TPSA) is 26.3 Å². The highest BCUT2D eigenvalue weighted by molar-refractivity contribution is 6.34. The summed E-state index contributed by atoms with van der Waals surface area (Å²) in [6, 6.07) is 5.10. The molecule has 0 unspecified atom stereocenters. The van der Waals surface area contributed by atoms with E-state index >= 15 is 0 Å². The van der Waals surface area contributed by atoms with Gasteiger partial charge in [-0.25, -0.2) is 0 Å². The molecule has 3 heteroatoms. The quantitative estimate of drug-likeness (QED) is 0.575. The third kappa shape index (κ3) is 3.70. The second-order valence-corrected chi connectivity index (χ2v) is 4.16. The lowest BCUT2D eigenvalue weighted by atomic mass is 10.1. The van der Waals surface area contributed by atoms with Crippen LogP contribution >= 0.6 is 11.6 Å². The number of ether oxygens (including phenoxy) is 1. The number of rotatable bonds is 5. The molecule has 2 nitrogen and oxygen atoms in total. The third-order valence-electron chi connectivity index (χ3n) is 2.12. The van der Waals surface area contributed by atoms with Crippen molar-refractivity contribution in [2.45, 2.75) is 20.3 Å². The maximum atomic E-state index is 11.1. The van der Waals surface area contributed by atoms with Gasteiger partial charge in [0.15, 0.2) is 5.78 Å². The van der Waals surface area contributed by atoms with Crippen LogP contribution in [0, 0.1) is 0 Å². The molecule has 0 aliphatic rings. The Bertz CT molecular complexity index is 410. The summed E-state index contributed by atoms with van der Waals surface area (Å²) >= 11 is 5.95. The van der Waals surface area contributed by atoms with E-state index in [1.807, 2.05) is 6.92 Å². The van der Waals surface area contributed by atoms with Gasteiger partial charge in [-0.3, -0.25) is 4.79 Å². The lowest BCUT2D eigenvalue weighted by Crippen LogP contribution is -1.99. The zero-order chi connectivity index (χ0) is 12.1. The summed E-state index contributed by atoms with van der Waals surface area (Å²) in [5, 5.41) is 0.431. The van der Waals surface area contributed by atoms with E-state index in [2.05, 4.69) is 6.58 Å². The van der Waals surface area contributed by atoms with Crippen LogP contribution in [-0.4, -0.2) is 12.4 Å². The Morgan fingerprint density at radius 3 is 2.62 bits per heavy atom. The van der Waals surface area contributed by atoms with E-state index in [1.54, 1.807) is 18.2 Å². The fourth-order valence-electron chi connectivity index (χ4n) is 1.21. The fraction of sp³-hybridized carbons (Fsp3) is 0.308. The van der Waals surface area contributed by atoms with Gasteiger partial charge in [0.25, 0.3) is 0 Å². The van der Waals surface area contributed by atoms with E-state index in [4.69, 9.17) is 16.3 Å². The smallest absolute Gasteiger partial charge is 0.161 e. The first-order chi connectivity index (χ1) is 7.50. The summed E-state index contributed by atoms with van der Waals surface area (Å²) in [5.74, 6) is 0.634. The first-order valence-electron chi connectivity index (χ1n) is 5.08. The van der Waals surface area contributed by atoms with Gasteiger partial charge < -0.3 is 4.74 Å². The predicted octanol–water partition coefficient (Wildman–Crippen LogP) is 3.89. The Balaban J connectivity index is 2.66. The molecule has 0 saturated heterocycles. The molecule has 1 rings (SSSR count). The van der Waals surface area contributed by atoms with E-state index in [1.165, 1.54) is 6.92 Å². The van der Waals surface area contributed by atoms with Gasteiger partial charge in [-0.05, 0) is 32.0 Å². The molecule has 0 spiro atoms. The third-order valence-corrected chi connectivity index (χ3v) is 2.43. The summed E-state index contributed by atoms with van der Waals surface area (Å²) in [4.78, 5) is 11.1. The molecule has 0 N–H and O–H groups in total. The zero-order valence-electron chi connectivity index (χ0n) is 9.55. The molecule has 0 saturated carbocycles. The lowest BCUT2D eigenvalue weighted by Gasteiger charge is -2.07. The number of benzene rings is 1. The van der Waals surface area contributed by atoms with Crippen LogP contribution in [0.5, 0.6) is 5.75 Å². The number of hydrogen-bond acceptors (Lipinski definition) is 2. The first kappa shape index (κ1) is 12.8. The molecule has 16 heavy (non-hydrogen) atoms. The summed E-state index contributed by atoms with van der Waals surface area (Å²) in [6.45, 7) is 7.81. The highest BCUT2D eigenvalue weighted by Crippen LogP contribution is 2.23. The maximum Gasteiger partial charge on any atom is 0.161 e. The Labute approximate surface area is 101 Å². The summed E-state index contributed by atoms with van der Waals surface area (Å²) < 4.78 is 5.48. The molecule has 0 amide bonds. The molecule has 0 atom stereocenters. The molecular formula is C13H15ClO2. The second-order valence-electron chi connectivity index (χ2n) is 3.75. The predicted molar refractivity (Wildman–Crippen MR) is 66.4 cm³/mol. The van der Waals surface area contributed by atoms with E-state index in [9.17, 15) is 4.79 Å². The Morgan fingerprint density at radius 1 is 1.44 bits per heavy atom. The number of ketones is 1. The highest BCUT2D eigenvalue weighted by atomic mass is 35.5. The molecule has 0 radical (unpaired) electrons. The maximum absolute atomic E-state index is 11.1. The molecule has 0 fully saturated rings. The van der Waals surface area contributed by atoms with Crippen LogP contribution in [0.1, 0.15) is 30.6 Å². The minimum Gasteiger partial charge on any atom is -0.493 e. The molecule has 0 aliphatic heterocycles. The van der Waals surface area contributed by atoms with Gasteiger partial charge in [-0.2, -0.15) is 0 Å². The van der Waals surface area contributed by atoms with Crippen molar-refractivity contribution in [3.8, 4) is 5.75 Å². The minimum absolute atomic E-state index is 0.0431. The fourth-order valence-corrected chi connectivity index (χ4v) is 1.52. The van der Waals surface area contributed by atoms with Gasteiger partial charge in [0.05, 0.1) is 11.6 Å². The Hall–Kier alpha value is -1.28. The Morgan fingerprint density at radius 2 is 2.12 bits per heavy atom. The molecule has 0 aliphatic carbocycles. The van der Waals surface area contributed by atoms with Crippen molar-refractivity contribution in [1.29, 1.82) is 0 Å². The first-order valence-corrected chi connectivity index (χ1v) is 5.46. The highest BCUT2D eigenvalue weighted by Gasteiger charge is 2.06. The van der Waals surface area contributed by atoms with Gasteiger partial charge in [0.1, 0.15) is 5.75 Å². The SMILES string of the molecule is C=C(C)CCOc1ccc(C(C)=O)c(Cl)c1. The molecule has 86 valence electrons. The van der Waals surface area contributed by atoms with Gasteiger partial charge in [0, 0.05) is 12.0 Å². The standard InChI is InChI=1S/C13H15ClO2/c1-9(2)6-7-16-11-4-5-12(10(3)15)13(14)8-11/h4-5,8H,1,6-7H2,2-3H3. The van der Waals surface area contributed by atoms with Crippen molar-refractivity contribution in [3.05, 3.63) is 40.9 Å². The van der Waals surface area contributed by atoms with Crippen molar-refractivity contribution >= 4 is 17.4 Å². The van der Waals surface area contributed by atoms with Crippen LogP contribution in [-0.2, 0) is 0 Å². The largest absolute Gasteiger partial charge is 0.493 e. The molecule has 0 aromatic heterocycles. The number of carbonyl (C=O) groups is 1. The van der Waals surface area contributed by atoms with Crippen molar-refractivity contribution in [2.24, 2.45) is 0 Å². The van der Waals surface area contributed by atoms with Gasteiger partial charge in [-0.1, -0.05) is 17.2 Å². The van der Waals surface area contributed by atoms with Crippen LogP contribution in [0.3, 0.4) is 0 Å². The van der Waals surface area contributed by atoms with Crippen LogP contribution in [0.4, 0.5) is 0 Å². The van der Waals surface area contributed by atoms with E-state index in [0.29, 0.717) is 22.9 Å². The molecule has 1 aromatic rings. The Kier molecular flexibility index (Phi) is 4.56. The average molecular weight is 239 g/mol. The van der Waals surface area contributed by atoms with Crippen molar-refractivity contribution in [1.82, 2.24) is 0 Å². The normalized spacial score (nSPS) is 9.94. The number of halogens is 1. The number of carbonyl (C=O) groups excluding carboxylic acids is 1. The van der Waals surface area contributed by atoms with Crippen LogP contribution in [0.2, 0.25) is 5.02 Å². The number of Topliss-reactive ketones (excluding diaryl/α,β-unsaturated/α-hetero) is 1. The zero-order valence-corrected chi connectivity index (χ0v) is 10.3. The molecule has 0 heterocycles. The van der Waals surface area contributed by atoms with E-state index in [-0.39, 0.29) is 5.78 Å². The van der Waals surface area contributed by atoms with Crippen molar-refractivity contribution < 1.29 is 9.53 Å². The summed E-state index contributed by atoms with van der Waals surface area (Å²) in [5.41, 5.74) is 1.60. The molecule has 1 aromatic carbocycles. The average Bonchev–Trinajstić information content (AvgIpc) is 2.16. The van der Waals surface area contributed by atoms with E-state index in [0.717, 1.165) is 12.0 Å². The van der Waals surface area contributed by atoms with Crippen molar-refractivity contribution in [2.75, 3.05) is 6.61 Å². The summed E-state index contributed by atoms with van der Waals surface area (Å²) in [6.07, 6.45) is 0.812. The van der Waals surface area contributed by atoms with Crippen molar-refractivity contribution in [3.63, 3.8) is 0 Å². The summed E-state index contributed by atoms with van der Waals surface area (Å²) in [7, 11) is 0. The van der Waals surface area contributed by atoms with Crippen LogP contribution < -0.4 is 4.74 Å².